The molecule has 0 radical (unpaired) electrons. The number of carbonyl (C=O) groups excluding carboxylic acids is 1. The molecule has 1 aliphatic rings. The molecular weight excluding hydrogens is 274 g/mol. The number of carboxylic acids is 1. The standard InChI is InChI=1S/C14H21N3O4/c1-4-14(12(18)19)5-6-17(8-14)13(20)15-7-11-16-9(2)10(3)21-11/h4-8H2,1-3H3,(H,15,20)(H,18,19). The number of carboxylic acid groups (broad SMARTS) is 1. The first-order valence-electron chi connectivity index (χ1n) is 7.07. The fourth-order valence-corrected chi connectivity index (χ4v) is 2.54. The Labute approximate surface area is 123 Å². The molecule has 2 amide bonds. The van der Waals surface area contributed by atoms with E-state index in [-0.39, 0.29) is 19.1 Å². The van der Waals surface area contributed by atoms with Crippen LogP contribution >= 0.6 is 0 Å². The van der Waals surface area contributed by atoms with E-state index in [9.17, 15) is 14.7 Å². The predicted molar refractivity (Wildman–Crippen MR) is 74.8 cm³/mol. The zero-order chi connectivity index (χ0) is 15.6. The highest BCUT2D eigenvalue weighted by molar-refractivity contribution is 5.79. The smallest absolute Gasteiger partial charge is 0.317 e. The summed E-state index contributed by atoms with van der Waals surface area (Å²) >= 11 is 0. The molecule has 1 unspecified atom stereocenters. The van der Waals surface area contributed by atoms with E-state index in [1.54, 1.807) is 4.90 Å². The third-order valence-corrected chi connectivity index (χ3v) is 4.24. The summed E-state index contributed by atoms with van der Waals surface area (Å²) in [5.41, 5.74) is -0.00993. The Balaban J connectivity index is 1.91. The molecule has 0 saturated carbocycles. The number of aliphatic carboxylic acids is 1. The van der Waals surface area contributed by atoms with Gasteiger partial charge in [-0.3, -0.25) is 4.79 Å². The van der Waals surface area contributed by atoms with Gasteiger partial charge in [0, 0.05) is 13.1 Å². The van der Waals surface area contributed by atoms with Crippen LogP contribution in [-0.2, 0) is 11.3 Å². The Morgan fingerprint density at radius 1 is 1.48 bits per heavy atom. The van der Waals surface area contributed by atoms with Crippen LogP contribution in [0, 0.1) is 19.3 Å². The lowest BCUT2D eigenvalue weighted by Crippen LogP contribution is -2.41. The van der Waals surface area contributed by atoms with Gasteiger partial charge < -0.3 is 19.7 Å². The predicted octanol–water partition coefficient (Wildman–Crippen LogP) is 1.69. The molecule has 2 heterocycles. The van der Waals surface area contributed by atoms with E-state index in [1.807, 2.05) is 20.8 Å². The Morgan fingerprint density at radius 3 is 2.67 bits per heavy atom. The fourth-order valence-electron chi connectivity index (χ4n) is 2.54. The van der Waals surface area contributed by atoms with Gasteiger partial charge in [-0.2, -0.15) is 0 Å². The van der Waals surface area contributed by atoms with Gasteiger partial charge in [-0.05, 0) is 26.7 Å². The number of nitrogens with zero attached hydrogens (tertiary/aromatic N) is 2. The maximum Gasteiger partial charge on any atom is 0.317 e. The SMILES string of the molecule is CCC1(C(=O)O)CCN(C(=O)NCc2nc(C)c(C)o2)C1. The molecule has 0 aromatic carbocycles. The van der Waals surface area contributed by atoms with Crippen LogP contribution in [0.1, 0.15) is 37.1 Å². The Bertz CT molecular complexity index is 535. The van der Waals surface area contributed by atoms with E-state index in [0.29, 0.717) is 25.3 Å². The van der Waals surface area contributed by atoms with E-state index >= 15 is 0 Å². The summed E-state index contributed by atoms with van der Waals surface area (Å²) in [5.74, 6) is 0.355. The van der Waals surface area contributed by atoms with Gasteiger partial charge in [-0.25, -0.2) is 9.78 Å². The minimum atomic E-state index is -0.834. The number of nitrogens with one attached hydrogen (secondary N) is 1. The number of amides is 2. The maximum atomic E-state index is 12.1. The minimum Gasteiger partial charge on any atom is -0.481 e. The molecule has 7 heteroatoms. The number of likely N-dealkylation sites (tertiary alicyclic amines) is 1. The van der Waals surface area contributed by atoms with Gasteiger partial charge in [-0.1, -0.05) is 6.92 Å². The molecule has 0 aliphatic carbocycles. The van der Waals surface area contributed by atoms with Crippen LogP contribution in [0.2, 0.25) is 0 Å². The lowest BCUT2D eigenvalue weighted by molar-refractivity contribution is -0.148. The fraction of sp³-hybridized carbons (Fsp3) is 0.643. The number of hydrogen-bond donors (Lipinski definition) is 2. The average molecular weight is 295 g/mol. The highest BCUT2D eigenvalue weighted by atomic mass is 16.4. The second-order valence-corrected chi connectivity index (χ2v) is 5.52. The minimum absolute atomic E-state index is 0.205. The van der Waals surface area contributed by atoms with Gasteiger partial charge in [0.1, 0.15) is 5.76 Å². The highest BCUT2D eigenvalue weighted by Crippen LogP contribution is 2.34. The van der Waals surface area contributed by atoms with E-state index in [1.165, 1.54) is 0 Å². The quantitative estimate of drug-likeness (QED) is 0.881. The maximum absolute atomic E-state index is 12.1. The summed E-state index contributed by atoms with van der Waals surface area (Å²) in [4.78, 5) is 29.2. The Morgan fingerprint density at radius 2 is 2.19 bits per heavy atom. The molecule has 1 atom stereocenters. The summed E-state index contributed by atoms with van der Waals surface area (Å²) in [5, 5.41) is 12.0. The number of hydrogen-bond acceptors (Lipinski definition) is 4. The first-order chi connectivity index (χ1) is 9.88. The third kappa shape index (κ3) is 3.01. The highest BCUT2D eigenvalue weighted by Gasteiger charge is 2.44. The molecule has 7 nitrogen and oxygen atoms in total. The molecule has 1 saturated heterocycles. The number of aromatic nitrogens is 1. The Hall–Kier alpha value is -2.05. The van der Waals surface area contributed by atoms with Crippen molar-refractivity contribution in [2.45, 2.75) is 40.2 Å². The average Bonchev–Trinajstić information content (AvgIpc) is 3.02. The summed E-state index contributed by atoms with van der Waals surface area (Å²) < 4.78 is 5.39. The van der Waals surface area contributed by atoms with E-state index in [0.717, 1.165) is 11.5 Å². The molecule has 116 valence electrons. The molecule has 1 aromatic heterocycles. The summed E-state index contributed by atoms with van der Waals surface area (Å²) in [6.07, 6.45) is 1.01. The molecule has 1 fully saturated rings. The van der Waals surface area contributed by atoms with Crippen LogP contribution in [0.25, 0.3) is 0 Å². The largest absolute Gasteiger partial charge is 0.481 e. The van der Waals surface area contributed by atoms with Crippen LogP contribution < -0.4 is 5.32 Å². The number of carbonyl (C=O) groups is 2. The van der Waals surface area contributed by atoms with Crippen LogP contribution in [0.3, 0.4) is 0 Å². The van der Waals surface area contributed by atoms with Crippen LogP contribution in [0.4, 0.5) is 4.79 Å². The van der Waals surface area contributed by atoms with Crippen molar-refractivity contribution in [1.29, 1.82) is 0 Å². The second kappa shape index (κ2) is 5.75. The van der Waals surface area contributed by atoms with Gasteiger partial charge in [0.05, 0.1) is 17.7 Å². The normalized spacial score (nSPS) is 21.6. The molecule has 0 bridgehead atoms. The molecular formula is C14H21N3O4. The van der Waals surface area contributed by atoms with Crippen molar-refractivity contribution in [3.63, 3.8) is 0 Å². The zero-order valence-electron chi connectivity index (χ0n) is 12.6. The van der Waals surface area contributed by atoms with Crippen molar-refractivity contribution in [2.24, 2.45) is 5.41 Å². The lowest BCUT2D eigenvalue weighted by Gasteiger charge is -2.23. The van der Waals surface area contributed by atoms with Gasteiger partial charge in [0.2, 0.25) is 5.89 Å². The van der Waals surface area contributed by atoms with Crippen molar-refractivity contribution < 1.29 is 19.1 Å². The molecule has 2 N–H and O–H groups in total. The second-order valence-electron chi connectivity index (χ2n) is 5.52. The first kappa shape index (κ1) is 15.3. The van der Waals surface area contributed by atoms with Crippen molar-refractivity contribution in [1.82, 2.24) is 15.2 Å². The number of urea groups is 1. The van der Waals surface area contributed by atoms with Gasteiger partial charge in [0.15, 0.2) is 0 Å². The van der Waals surface area contributed by atoms with Gasteiger partial charge >= 0.3 is 12.0 Å². The lowest BCUT2D eigenvalue weighted by atomic mass is 9.84. The first-order valence-corrected chi connectivity index (χ1v) is 7.07. The molecule has 0 spiro atoms. The van der Waals surface area contributed by atoms with Crippen molar-refractivity contribution in [3.05, 3.63) is 17.3 Å². The monoisotopic (exact) mass is 295 g/mol. The van der Waals surface area contributed by atoms with Crippen molar-refractivity contribution in [2.75, 3.05) is 13.1 Å². The number of aryl methyl sites for hydroxylation is 2. The van der Waals surface area contributed by atoms with Gasteiger partial charge in [-0.15, -0.1) is 0 Å². The molecule has 21 heavy (non-hydrogen) atoms. The third-order valence-electron chi connectivity index (χ3n) is 4.24. The van der Waals surface area contributed by atoms with E-state index < -0.39 is 11.4 Å². The Kier molecular flexibility index (Phi) is 4.20. The molecule has 2 rings (SSSR count). The van der Waals surface area contributed by atoms with E-state index in [4.69, 9.17) is 4.42 Å². The molecule has 1 aliphatic heterocycles. The van der Waals surface area contributed by atoms with Crippen LogP contribution in [0.5, 0.6) is 0 Å². The molecule has 1 aromatic rings. The van der Waals surface area contributed by atoms with Crippen LogP contribution in [-0.4, -0.2) is 40.1 Å². The van der Waals surface area contributed by atoms with Crippen molar-refractivity contribution >= 4 is 12.0 Å². The van der Waals surface area contributed by atoms with E-state index in [2.05, 4.69) is 10.3 Å². The topological polar surface area (TPSA) is 95.7 Å². The number of oxazole rings is 1. The summed E-state index contributed by atoms with van der Waals surface area (Å²) in [6.45, 7) is 6.40. The number of rotatable bonds is 4. The summed E-state index contributed by atoms with van der Waals surface area (Å²) in [7, 11) is 0. The van der Waals surface area contributed by atoms with Crippen LogP contribution in [0.15, 0.2) is 4.42 Å². The summed E-state index contributed by atoms with van der Waals surface area (Å²) in [6, 6.07) is -0.278. The van der Waals surface area contributed by atoms with Gasteiger partial charge in [0.25, 0.3) is 0 Å². The van der Waals surface area contributed by atoms with Crippen molar-refractivity contribution in [3.8, 4) is 0 Å². The zero-order valence-corrected chi connectivity index (χ0v) is 12.6.